The summed E-state index contributed by atoms with van der Waals surface area (Å²) in [7, 11) is 0. The van der Waals surface area contributed by atoms with Crippen molar-refractivity contribution in [1.82, 2.24) is 9.47 Å². The van der Waals surface area contributed by atoms with Gasteiger partial charge in [0.05, 0.1) is 29.8 Å². The van der Waals surface area contributed by atoms with Crippen LogP contribution in [0.15, 0.2) is 62.8 Å². The van der Waals surface area contributed by atoms with Gasteiger partial charge in [-0.2, -0.15) is 0 Å². The largest absolute Gasteiger partial charge is 0.378 e. The number of ether oxygens (including phenoxy) is 1. The van der Waals surface area contributed by atoms with E-state index in [-0.39, 0.29) is 29.1 Å². The first-order valence-corrected chi connectivity index (χ1v) is 16.5. The molecule has 2 fully saturated rings. The second kappa shape index (κ2) is 12.0. The number of amides is 3. The second-order valence-corrected chi connectivity index (χ2v) is 13.4. The number of benzene rings is 2. The number of imide groups is 1. The van der Waals surface area contributed by atoms with Gasteiger partial charge in [-0.05, 0) is 55.8 Å². The normalized spacial score (nSPS) is 21.8. The molecule has 2 saturated heterocycles. The summed E-state index contributed by atoms with van der Waals surface area (Å²) in [5.74, 6) is -1.92. The minimum absolute atomic E-state index is 0.110. The van der Waals surface area contributed by atoms with E-state index in [0.717, 1.165) is 45.0 Å². The topological polar surface area (TPSA) is 92.2 Å². The van der Waals surface area contributed by atoms with Crippen molar-refractivity contribution < 1.29 is 19.1 Å². The Kier molecular flexibility index (Phi) is 8.32. The molecule has 2 unspecified atom stereocenters. The zero-order chi connectivity index (χ0) is 29.5. The molecular formula is C30H31BrN4O5S2. The molecule has 1 aromatic heterocycles. The number of thioether (sulfide) groups is 1. The highest BCUT2D eigenvalue weighted by atomic mass is 79.9. The summed E-state index contributed by atoms with van der Waals surface area (Å²) in [4.78, 5) is 60.3. The minimum Gasteiger partial charge on any atom is -0.378 e. The molecule has 6 rings (SSSR count). The Bertz CT molecular complexity index is 1560. The molecule has 2 aromatic carbocycles. The highest BCUT2D eigenvalue weighted by Gasteiger charge is 2.56. The van der Waals surface area contributed by atoms with Crippen LogP contribution in [0.5, 0.6) is 0 Å². The SMILES string of the molecule is CCN(CC)c1ccc([C@H]2c3sc(=O)n(CC(=O)N4CCOCC4)c3SC3C(=O)N(c4ccc(Br)cc4)C(=O)C32)cc1. The molecule has 0 aliphatic carbocycles. The molecule has 0 radical (unpaired) electrons. The van der Waals surface area contributed by atoms with E-state index in [2.05, 4.69) is 34.7 Å². The van der Waals surface area contributed by atoms with Crippen LogP contribution in [-0.4, -0.2) is 71.8 Å². The van der Waals surface area contributed by atoms with Crippen molar-refractivity contribution >= 4 is 68.1 Å². The molecule has 9 nitrogen and oxygen atoms in total. The van der Waals surface area contributed by atoms with Crippen LogP contribution in [0.3, 0.4) is 0 Å². The van der Waals surface area contributed by atoms with Gasteiger partial charge in [0.15, 0.2) is 0 Å². The van der Waals surface area contributed by atoms with Gasteiger partial charge < -0.3 is 14.5 Å². The van der Waals surface area contributed by atoms with E-state index in [4.69, 9.17) is 4.74 Å². The van der Waals surface area contributed by atoms with E-state index in [9.17, 15) is 19.2 Å². The lowest BCUT2D eigenvalue weighted by molar-refractivity contribution is -0.136. The third-order valence-corrected chi connectivity index (χ3v) is 11.3. The van der Waals surface area contributed by atoms with Crippen molar-refractivity contribution in [2.45, 2.75) is 36.6 Å². The van der Waals surface area contributed by atoms with Gasteiger partial charge in [0, 0.05) is 47.1 Å². The van der Waals surface area contributed by atoms with E-state index in [1.807, 2.05) is 24.3 Å². The molecule has 3 aliphatic heterocycles. The standard InChI is InChI=1S/C30H31BrN4O5S2/c1-3-32(4-2)20-9-5-18(6-10-20)23-24-25(28(38)35(27(24)37)21-11-7-19(31)8-12-21)41-29-26(23)42-30(39)34(29)17-22(36)33-13-15-40-16-14-33/h5-12,23-25H,3-4,13-17H2,1-2H3/t23-,24?,25?/m1/s1. The van der Waals surface area contributed by atoms with Crippen LogP contribution in [0.4, 0.5) is 11.4 Å². The van der Waals surface area contributed by atoms with Gasteiger partial charge in [0.1, 0.15) is 11.8 Å². The van der Waals surface area contributed by atoms with Crippen LogP contribution >= 0.6 is 39.0 Å². The van der Waals surface area contributed by atoms with Gasteiger partial charge in [0.2, 0.25) is 17.7 Å². The molecule has 4 heterocycles. The zero-order valence-corrected chi connectivity index (χ0v) is 26.5. The molecule has 3 aromatic rings. The van der Waals surface area contributed by atoms with E-state index in [1.54, 1.807) is 29.2 Å². The Morgan fingerprint density at radius 2 is 1.64 bits per heavy atom. The van der Waals surface area contributed by atoms with Gasteiger partial charge in [-0.1, -0.05) is 51.2 Å². The zero-order valence-electron chi connectivity index (χ0n) is 23.3. The lowest BCUT2D eigenvalue weighted by Gasteiger charge is -2.31. The first-order chi connectivity index (χ1) is 20.3. The number of nitrogens with zero attached hydrogens (tertiary/aromatic N) is 4. The number of hydrogen-bond donors (Lipinski definition) is 0. The summed E-state index contributed by atoms with van der Waals surface area (Å²) < 4.78 is 7.72. The summed E-state index contributed by atoms with van der Waals surface area (Å²) in [6.45, 7) is 7.71. The van der Waals surface area contributed by atoms with Gasteiger partial charge in [-0.25, -0.2) is 4.90 Å². The van der Waals surface area contributed by atoms with Crippen LogP contribution < -0.4 is 14.7 Å². The summed E-state index contributed by atoms with van der Waals surface area (Å²) >= 11 is 5.73. The maximum Gasteiger partial charge on any atom is 0.308 e. The van der Waals surface area contributed by atoms with Crippen molar-refractivity contribution in [1.29, 1.82) is 0 Å². The van der Waals surface area contributed by atoms with E-state index >= 15 is 0 Å². The van der Waals surface area contributed by atoms with Gasteiger partial charge in [-0.3, -0.25) is 23.7 Å². The van der Waals surface area contributed by atoms with Crippen LogP contribution in [0.1, 0.15) is 30.2 Å². The lowest BCUT2D eigenvalue weighted by atomic mass is 9.83. The Morgan fingerprint density at radius 1 is 0.976 bits per heavy atom. The number of aromatic nitrogens is 1. The van der Waals surface area contributed by atoms with Crippen LogP contribution in [0.25, 0.3) is 0 Å². The first-order valence-electron chi connectivity index (χ1n) is 14.1. The number of rotatable bonds is 7. The maximum atomic E-state index is 14.1. The fourth-order valence-electron chi connectivity index (χ4n) is 5.99. The first kappa shape index (κ1) is 29.2. The van der Waals surface area contributed by atoms with Gasteiger partial charge in [-0.15, -0.1) is 0 Å². The fourth-order valence-corrected chi connectivity index (χ4v) is 9.03. The maximum absolute atomic E-state index is 14.1. The number of anilines is 2. The molecule has 3 atom stereocenters. The van der Waals surface area contributed by atoms with E-state index < -0.39 is 17.1 Å². The molecule has 3 amide bonds. The summed E-state index contributed by atoms with van der Waals surface area (Å²) in [6.07, 6.45) is 0. The highest BCUT2D eigenvalue weighted by Crippen LogP contribution is 2.54. The number of thiazole rings is 1. The van der Waals surface area contributed by atoms with Crippen molar-refractivity contribution in [3.05, 3.63) is 73.1 Å². The highest BCUT2D eigenvalue weighted by molar-refractivity contribution is 9.10. The molecule has 0 saturated carbocycles. The Morgan fingerprint density at radius 3 is 2.29 bits per heavy atom. The number of hydrogen-bond acceptors (Lipinski definition) is 8. The minimum atomic E-state index is -0.722. The van der Waals surface area contributed by atoms with E-state index in [1.165, 1.54) is 21.2 Å². The number of halogens is 1. The number of carbonyl (C=O) groups is 3. The van der Waals surface area contributed by atoms with Gasteiger partial charge >= 0.3 is 4.87 Å². The average Bonchev–Trinajstić information content (AvgIpc) is 3.45. The van der Waals surface area contributed by atoms with Crippen molar-refractivity contribution in [2.75, 3.05) is 49.2 Å². The molecule has 12 heteroatoms. The number of carbonyl (C=O) groups excluding carboxylic acids is 3. The predicted octanol–water partition coefficient (Wildman–Crippen LogP) is 4.17. The van der Waals surface area contributed by atoms with Crippen molar-refractivity contribution in [3.63, 3.8) is 0 Å². The third kappa shape index (κ3) is 5.12. The Balaban J connectivity index is 1.43. The van der Waals surface area contributed by atoms with Gasteiger partial charge in [0.25, 0.3) is 0 Å². The summed E-state index contributed by atoms with van der Waals surface area (Å²) in [5.41, 5.74) is 2.45. The molecule has 42 heavy (non-hydrogen) atoms. The van der Waals surface area contributed by atoms with Crippen molar-refractivity contribution in [3.8, 4) is 0 Å². The number of fused-ring (bicyclic) bond motifs is 2. The Hall–Kier alpha value is -2.93. The molecule has 0 N–H and O–H groups in total. The fraction of sp³-hybridized carbons (Fsp3) is 0.400. The van der Waals surface area contributed by atoms with E-state index in [0.29, 0.717) is 37.0 Å². The second-order valence-electron chi connectivity index (χ2n) is 10.4. The molecule has 220 valence electrons. The third-order valence-electron chi connectivity index (χ3n) is 8.17. The van der Waals surface area contributed by atoms with Crippen LogP contribution in [-0.2, 0) is 25.7 Å². The number of morpholine rings is 1. The van der Waals surface area contributed by atoms with Crippen molar-refractivity contribution in [2.24, 2.45) is 5.92 Å². The summed E-state index contributed by atoms with van der Waals surface area (Å²) in [6, 6.07) is 15.2. The smallest absolute Gasteiger partial charge is 0.308 e. The summed E-state index contributed by atoms with van der Waals surface area (Å²) in [5, 5.41) is -0.121. The lowest BCUT2D eigenvalue weighted by Crippen LogP contribution is -2.43. The van der Waals surface area contributed by atoms with Crippen LogP contribution in [0, 0.1) is 5.92 Å². The quantitative estimate of drug-likeness (QED) is 0.349. The average molecular weight is 672 g/mol. The monoisotopic (exact) mass is 670 g/mol. The predicted molar refractivity (Wildman–Crippen MR) is 168 cm³/mol. The molecule has 3 aliphatic rings. The Labute approximate surface area is 260 Å². The molecule has 0 bridgehead atoms. The van der Waals surface area contributed by atoms with Crippen LogP contribution in [0.2, 0.25) is 0 Å². The molecular weight excluding hydrogens is 640 g/mol. The molecule has 0 spiro atoms.